The molecule has 1 unspecified atom stereocenters. The summed E-state index contributed by atoms with van der Waals surface area (Å²) < 4.78 is 13.7. The van der Waals surface area contributed by atoms with Crippen LogP contribution in [0.25, 0.3) is 0 Å². The average Bonchev–Trinajstić information content (AvgIpc) is 2.35. The van der Waals surface area contributed by atoms with Gasteiger partial charge in [0.25, 0.3) is 0 Å². The minimum atomic E-state index is -0.676. The molecule has 0 aromatic carbocycles. The zero-order valence-corrected chi connectivity index (χ0v) is 9.93. The fraction of sp³-hybridized carbons (Fsp3) is 0.545. The van der Waals surface area contributed by atoms with Crippen molar-refractivity contribution in [1.29, 1.82) is 0 Å². The first-order valence-electron chi connectivity index (χ1n) is 4.99. The third-order valence-electron chi connectivity index (χ3n) is 2.05. The van der Waals surface area contributed by atoms with E-state index in [0.29, 0.717) is 0 Å². The molecular weight excluding hydrogens is 228 g/mol. The molecule has 0 bridgehead atoms. The Bertz CT molecular complexity index is 296. The first kappa shape index (κ1) is 15.2. The smallest absolute Gasteiger partial charge is 0.330 e. The lowest BCUT2D eigenvalue weighted by atomic mass is 10.0. The van der Waals surface area contributed by atoms with Crippen LogP contribution in [0.4, 0.5) is 0 Å². The Kier molecular flexibility index (Phi) is 7.41. The Balaban J connectivity index is 4.20. The highest BCUT2D eigenvalue weighted by molar-refractivity contribution is 5.81. The van der Waals surface area contributed by atoms with Crippen molar-refractivity contribution < 1.29 is 28.6 Å². The topological polar surface area (TPSA) is 78.9 Å². The van der Waals surface area contributed by atoms with Crippen LogP contribution >= 0.6 is 0 Å². The van der Waals surface area contributed by atoms with E-state index in [0.717, 1.165) is 6.08 Å². The Labute approximate surface area is 99.5 Å². The van der Waals surface area contributed by atoms with Crippen molar-refractivity contribution in [3.8, 4) is 0 Å². The molecule has 0 N–H and O–H groups in total. The van der Waals surface area contributed by atoms with Crippen LogP contribution in [0, 0.1) is 5.92 Å². The van der Waals surface area contributed by atoms with Gasteiger partial charge in [-0.2, -0.15) is 0 Å². The van der Waals surface area contributed by atoms with Gasteiger partial charge < -0.3 is 14.2 Å². The molecule has 6 heteroatoms. The second-order valence-corrected chi connectivity index (χ2v) is 3.16. The van der Waals surface area contributed by atoms with Gasteiger partial charge in [0.05, 0.1) is 33.2 Å². The van der Waals surface area contributed by atoms with Crippen LogP contribution in [-0.4, -0.2) is 38.7 Å². The van der Waals surface area contributed by atoms with Crippen LogP contribution in [0.3, 0.4) is 0 Å². The van der Waals surface area contributed by atoms with Crippen molar-refractivity contribution in [1.82, 2.24) is 0 Å². The van der Waals surface area contributed by atoms with E-state index in [9.17, 15) is 14.4 Å². The molecule has 0 aliphatic heterocycles. The molecular formula is C11H16O6. The van der Waals surface area contributed by atoms with Crippen LogP contribution in [0.15, 0.2) is 12.7 Å². The molecule has 17 heavy (non-hydrogen) atoms. The maximum Gasteiger partial charge on any atom is 0.330 e. The lowest BCUT2D eigenvalue weighted by Gasteiger charge is -2.12. The number of esters is 3. The second kappa shape index (κ2) is 8.32. The van der Waals surface area contributed by atoms with Crippen molar-refractivity contribution >= 4 is 17.9 Å². The molecule has 0 radical (unpaired) electrons. The summed E-state index contributed by atoms with van der Waals surface area (Å²) in [6.45, 7) is 3.25. The zero-order chi connectivity index (χ0) is 13.3. The summed E-state index contributed by atoms with van der Waals surface area (Å²) in [6.07, 6.45) is 1.11. The van der Waals surface area contributed by atoms with E-state index in [-0.39, 0.29) is 19.4 Å². The van der Waals surface area contributed by atoms with Gasteiger partial charge in [-0.1, -0.05) is 6.58 Å². The molecule has 1 atom stereocenters. The van der Waals surface area contributed by atoms with Gasteiger partial charge in [0, 0.05) is 6.08 Å². The molecule has 0 heterocycles. The Morgan fingerprint density at radius 2 is 1.88 bits per heavy atom. The van der Waals surface area contributed by atoms with Crippen LogP contribution in [0.2, 0.25) is 0 Å². The average molecular weight is 244 g/mol. The minimum absolute atomic E-state index is 0.0155. The van der Waals surface area contributed by atoms with Crippen LogP contribution in [0.1, 0.15) is 12.8 Å². The summed E-state index contributed by atoms with van der Waals surface area (Å²) in [6, 6.07) is 0. The van der Waals surface area contributed by atoms with E-state index in [4.69, 9.17) is 4.74 Å². The van der Waals surface area contributed by atoms with Crippen molar-refractivity contribution in [2.75, 3.05) is 20.8 Å². The molecule has 0 rings (SSSR count). The summed E-state index contributed by atoms with van der Waals surface area (Å²) in [5.41, 5.74) is 0. The summed E-state index contributed by atoms with van der Waals surface area (Å²) in [5, 5.41) is 0. The number of carbonyl (C=O) groups excluding carboxylic acids is 3. The predicted octanol–water partition coefficient (Wildman–Crippen LogP) is 0.458. The summed E-state index contributed by atoms with van der Waals surface area (Å²) in [7, 11) is 2.46. The van der Waals surface area contributed by atoms with E-state index in [1.54, 1.807) is 0 Å². The van der Waals surface area contributed by atoms with Crippen molar-refractivity contribution in [2.45, 2.75) is 12.8 Å². The largest absolute Gasteiger partial charge is 0.469 e. The number of hydrogen-bond acceptors (Lipinski definition) is 6. The quantitative estimate of drug-likeness (QED) is 0.368. The predicted molar refractivity (Wildman–Crippen MR) is 57.9 cm³/mol. The first-order valence-corrected chi connectivity index (χ1v) is 4.99. The third-order valence-corrected chi connectivity index (χ3v) is 2.05. The summed E-state index contributed by atoms with van der Waals surface area (Å²) in [5.74, 6) is -2.31. The second-order valence-electron chi connectivity index (χ2n) is 3.16. The maximum atomic E-state index is 11.3. The van der Waals surface area contributed by atoms with E-state index in [1.807, 2.05) is 0 Å². The molecule has 0 saturated heterocycles. The monoisotopic (exact) mass is 244 g/mol. The third kappa shape index (κ3) is 6.34. The van der Waals surface area contributed by atoms with Gasteiger partial charge in [-0.25, -0.2) is 4.79 Å². The molecule has 0 aromatic rings. The molecule has 0 saturated carbocycles. The van der Waals surface area contributed by atoms with Gasteiger partial charge in [0.1, 0.15) is 0 Å². The summed E-state index contributed by atoms with van der Waals surface area (Å²) >= 11 is 0. The maximum absolute atomic E-state index is 11.3. The van der Waals surface area contributed by atoms with Crippen molar-refractivity contribution in [3.05, 3.63) is 12.7 Å². The molecule has 0 fully saturated rings. The summed E-state index contributed by atoms with van der Waals surface area (Å²) in [4.78, 5) is 33.1. The van der Waals surface area contributed by atoms with Crippen LogP contribution < -0.4 is 0 Å². The standard InChI is InChI=1S/C11H16O6/c1-4-9(12)17-6-5-8(11(14)16-3)7-10(13)15-2/h4,8H,1,5-7H2,2-3H3. The van der Waals surface area contributed by atoms with Crippen LogP contribution in [-0.2, 0) is 28.6 Å². The molecule has 96 valence electrons. The van der Waals surface area contributed by atoms with Gasteiger partial charge in [-0.15, -0.1) is 0 Å². The fourth-order valence-corrected chi connectivity index (χ4v) is 1.12. The normalized spacial score (nSPS) is 11.2. The number of carbonyl (C=O) groups is 3. The molecule has 0 aliphatic rings. The Morgan fingerprint density at radius 1 is 1.24 bits per heavy atom. The molecule has 0 aromatic heterocycles. The van der Waals surface area contributed by atoms with Gasteiger partial charge in [0.15, 0.2) is 0 Å². The minimum Gasteiger partial charge on any atom is -0.469 e. The number of hydrogen-bond donors (Lipinski definition) is 0. The lowest BCUT2D eigenvalue weighted by molar-refractivity contribution is -0.153. The number of ether oxygens (including phenoxy) is 3. The lowest BCUT2D eigenvalue weighted by Crippen LogP contribution is -2.22. The highest BCUT2D eigenvalue weighted by Crippen LogP contribution is 2.12. The molecule has 0 amide bonds. The van der Waals surface area contributed by atoms with Crippen molar-refractivity contribution in [3.63, 3.8) is 0 Å². The van der Waals surface area contributed by atoms with Gasteiger partial charge in [0.2, 0.25) is 0 Å². The molecule has 6 nitrogen and oxygen atoms in total. The zero-order valence-electron chi connectivity index (χ0n) is 9.93. The molecule has 0 spiro atoms. The van der Waals surface area contributed by atoms with Gasteiger partial charge in [-0.3, -0.25) is 9.59 Å². The van der Waals surface area contributed by atoms with E-state index < -0.39 is 23.8 Å². The first-order chi connectivity index (χ1) is 8.04. The van der Waals surface area contributed by atoms with E-state index >= 15 is 0 Å². The fourth-order valence-electron chi connectivity index (χ4n) is 1.12. The Hall–Kier alpha value is -1.85. The van der Waals surface area contributed by atoms with Crippen molar-refractivity contribution in [2.24, 2.45) is 5.92 Å². The van der Waals surface area contributed by atoms with E-state index in [2.05, 4.69) is 16.1 Å². The molecule has 0 aliphatic carbocycles. The van der Waals surface area contributed by atoms with E-state index in [1.165, 1.54) is 14.2 Å². The highest BCUT2D eigenvalue weighted by Gasteiger charge is 2.23. The number of methoxy groups -OCH3 is 2. The SMILES string of the molecule is C=CC(=O)OCCC(CC(=O)OC)C(=O)OC. The van der Waals surface area contributed by atoms with Gasteiger partial charge in [-0.05, 0) is 6.42 Å². The van der Waals surface area contributed by atoms with Gasteiger partial charge >= 0.3 is 17.9 Å². The number of rotatable bonds is 7. The Morgan fingerprint density at radius 3 is 2.35 bits per heavy atom. The highest BCUT2D eigenvalue weighted by atomic mass is 16.5. The van der Waals surface area contributed by atoms with Crippen LogP contribution in [0.5, 0.6) is 0 Å².